The number of aliphatic carboxylic acids is 1. The largest absolute Gasteiger partial charge is 0.490 e. The third-order valence-corrected chi connectivity index (χ3v) is 4.29. The van der Waals surface area contributed by atoms with Gasteiger partial charge in [-0.15, -0.1) is 0 Å². The number of alkyl halides is 3. The molecule has 2 atom stereocenters. The van der Waals surface area contributed by atoms with Crippen LogP contribution in [0.15, 0.2) is 24.5 Å². The van der Waals surface area contributed by atoms with E-state index in [0.717, 1.165) is 12.1 Å². The molecule has 1 aromatic rings. The number of carbonyl (C=O) groups is 3. The van der Waals surface area contributed by atoms with Gasteiger partial charge in [-0.25, -0.2) is 9.59 Å². The minimum Gasteiger partial charge on any atom is -0.475 e. The molecule has 11 heteroatoms. The van der Waals surface area contributed by atoms with Crippen LogP contribution in [0, 0.1) is 0 Å². The molecule has 0 aromatic carbocycles. The third kappa shape index (κ3) is 4.47. The van der Waals surface area contributed by atoms with Crippen LogP contribution in [-0.4, -0.2) is 76.7 Å². The third-order valence-electron chi connectivity index (χ3n) is 4.29. The topological polar surface area (TPSA) is 94.1 Å². The lowest BCUT2D eigenvalue weighted by atomic mass is 10.1. The Labute approximate surface area is 153 Å². The molecule has 0 aliphatic carbocycles. The SMILES string of the molecule is CN(C)C(=O)N1CC[C@H]2[C@H]1CC(=O)N2c1cccnc1.O=C(O)C(F)(F)F. The van der Waals surface area contributed by atoms with Gasteiger partial charge in [-0.05, 0) is 18.6 Å². The predicted molar refractivity (Wildman–Crippen MR) is 88.0 cm³/mol. The van der Waals surface area contributed by atoms with Crippen LogP contribution in [-0.2, 0) is 9.59 Å². The van der Waals surface area contributed by atoms with E-state index in [1.807, 2.05) is 17.0 Å². The number of anilines is 1. The number of aromatic nitrogens is 1. The molecule has 3 heterocycles. The molecule has 1 N–H and O–H groups in total. The molecule has 148 valence electrons. The van der Waals surface area contributed by atoms with Gasteiger partial charge in [-0.1, -0.05) is 0 Å². The second kappa shape index (κ2) is 7.80. The van der Waals surface area contributed by atoms with E-state index in [2.05, 4.69) is 4.98 Å². The van der Waals surface area contributed by atoms with Crippen molar-refractivity contribution < 1.29 is 32.7 Å². The number of urea groups is 1. The van der Waals surface area contributed by atoms with E-state index in [-0.39, 0.29) is 24.0 Å². The van der Waals surface area contributed by atoms with Gasteiger partial charge in [0.1, 0.15) is 0 Å². The fourth-order valence-electron chi connectivity index (χ4n) is 3.17. The summed E-state index contributed by atoms with van der Waals surface area (Å²) in [6.45, 7) is 0.705. The summed E-state index contributed by atoms with van der Waals surface area (Å²) >= 11 is 0. The number of amides is 3. The number of carboxylic acid groups (broad SMARTS) is 1. The minimum atomic E-state index is -5.08. The Balaban J connectivity index is 0.000000321. The number of rotatable bonds is 1. The summed E-state index contributed by atoms with van der Waals surface area (Å²) in [7, 11) is 3.48. The van der Waals surface area contributed by atoms with E-state index in [1.165, 1.54) is 0 Å². The number of halogens is 3. The lowest BCUT2D eigenvalue weighted by molar-refractivity contribution is -0.192. The highest BCUT2D eigenvalue weighted by atomic mass is 19.4. The molecule has 0 spiro atoms. The van der Waals surface area contributed by atoms with Crippen molar-refractivity contribution in [1.29, 1.82) is 0 Å². The zero-order valence-electron chi connectivity index (χ0n) is 14.7. The number of carboxylic acids is 1. The summed E-state index contributed by atoms with van der Waals surface area (Å²) < 4.78 is 31.7. The average molecular weight is 388 g/mol. The van der Waals surface area contributed by atoms with Crippen LogP contribution < -0.4 is 4.90 Å². The number of hydrogen-bond donors (Lipinski definition) is 1. The smallest absolute Gasteiger partial charge is 0.475 e. The van der Waals surface area contributed by atoms with Gasteiger partial charge in [-0.2, -0.15) is 13.2 Å². The summed E-state index contributed by atoms with van der Waals surface area (Å²) in [6.07, 6.45) is -0.460. The fourth-order valence-corrected chi connectivity index (χ4v) is 3.17. The zero-order chi connectivity index (χ0) is 20.4. The number of likely N-dealkylation sites (tertiary alicyclic amines) is 1. The van der Waals surface area contributed by atoms with Crippen molar-refractivity contribution >= 4 is 23.6 Å². The van der Waals surface area contributed by atoms with Crippen LogP contribution in [0.1, 0.15) is 12.8 Å². The summed E-state index contributed by atoms with van der Waals surface area (Å²) in [5.74, 6) is -2.68. The minimum absolute atomic E-state index is 0.0154. The zero-order valence-corrected chi connectivity index (χ0v) is 14.7. The maximum absolute atomic E-state index is 12.3. The summed E-state index contributed by atoms with van der Waals surface area (Å²) in [4.78, 5) is 42.6. The van der Waals surface area contributed by atoms with Crippen molar-refractivity contribution in [2.24, 2.45) is 0 Å². The Kier molecular flexibility index (Phi) is 5.91. The van der Waals surface area contributed by atoms with E-state index < -0.39 is 12.1 Å². The van der Waals surface area contributed by atoms with Crippen LogP contribution in [0.25, 0.3) is 0 Å². The molecule has 1 aromatic heterocycles. The molecule has 0 saturated carbocycles. The molecule has 0 bridgehead atoms. The molecule has 2 aliphatic rings. The van der Waals surface area contributed by atoms with E-state index in [4.69, 9.17) is 9.90 Å². The van der Waals surface area contributed by atoms with Crippen molar-refractivity contribution in [1.82, 2.24) is 14.8 Å². The van der Waals surface area contributed by atoms with Gasteiger partial charge in [0.05, 0.1) is 24.0 Å². The summed E-state index contributed by atoms with van der Waals surface area (Å²) in [5.41, 5.74) is 0.823. The maximum Gasteiger partial charge on any atom is 0.490 e. The summed E-state index contributed by atoms with van der Waals surface area (Å²) in [6, 6.07) is 3.77. The molecular weight excluding hydrogens is 369 g/mol. The Bertz CT molecular complexity index is 711. The molecule has 3 rings (SSSR count). The number of nitrogens with zero attached hydrogens (tertiary/aromatic N) is 4. The number of hydrogen-bond acceptors (Lipinski definition) is 4. The molecule has 0 unspecified atom stereocenters. The van der Waals surface area contributed by atoms with Gasteiger partial charge in [0.2, 0.25) is 5.91 Å². The normalized spacial score (nSPS) is 21.4. The van der Waals surface area contributed by atoms with Gasteiger partial charge in [0, 0.05) is 33.3 Å². The molecule has 2 aliphatic heterocycles. The molecule has 0 radical (unpaired) electrons. The highest BCUT2D eigenvalue weighted by molar-refractivity contribution is 5.98. The second-order valence-electron chi connectivity index (χ2n) is 6.28. The maximum atomic E-state index is 12.3. The van der Waals surface area contributed by atoms with E-state index in [1.54, 1.807) is 36.3 Å². The quantitative estimate of drug-likeness (QED) is 0.788. The number of carbonyl (C=O) groups excluding carboxylic acids is 2. The monoisotopic (exact) mass is 388 g/mol. The van der Waals surface area contributed by atoms with Crippen LogP contribution in [0.4, 0.5) is 23.7 Å². The average Bonchev–Trinajstić information content (AvgIpc) is 3.12. The van der Waals surface area contributed by atoms with Crippen molar-refractivity contribution in [3.63, 3.8) is 0 Å². The van der Waals surface area contributed by atoms with Gasteiger partial charge >= 0.3 is 18.2 Å². The van der Waals surface area contributed by atoms with Crippen molar-refractivity contribution in [3.05, 3.63) is 24.5 Å². The Morgan fingerprint density at radius 2 is 1.93 bits per heavy atom. The number of fused-ring (bicyclic) bond motifs is 1. The Hall–Kier alpha value is -2.85. The van der Waals surface area contributed by atoms with Gasteiger partial charge < -0.3 is 19.8 Å². The predicted octanol–water partition coefficient (Wildman–Crippen LogP) is 1.58. The molecular formula is C16H19F3N4O4. The van der Waals surface area contributed by atoms with E-state index in [9.17, 15) is 22.8 Å². The van der Waals surface area contributed by atoms with Gasteiger partial charge in [-0.3, -0.25) is 9.78 Å². The Morgan fingerprint density at radius 1 is 1.30 bits per heavy atom. The first-order valence-electron chi connectivity index (χ1n) is 8.04. The highest BCUT2D eigenvalue weighted by Gasteiger charge is 2.49. The first kappa shape index (κ1) is 20.5. The van der Waals surface area contributed by atoms with Crippen molar-refractivity contribution in [2.45, 2.75) is 31.1 Å². The fraction of sp³-hybridized carbons (Fsp3) is 0.500. The van der Waals surface area contributed by atoms with Crippen molar-refractivity contribution in [3.8, 4) is 0 Å². The van der Waals surface area contributed by atoms with Crippen molar-refractivity contribution in [2.75, 3.05) is 25.5 Å². The molecule has 3 amide bonds. The van der Waals surface area contributed by atoms with Gasteiger partial charge in [0.15, 0.2) is 0 Å². The van der Waals surface area contributed by atoms with E-state index in [0.29, 0.717) is 13.0 Å². The van der Waals surface area contributed by atoms with Gasteiger partial charge in [0.25, 0.3) is 0 Å². The summed E-state index contributed by atoms with van der Waals surface area (Å²) in [5, 5.41) is 7.12. The molecule has 2 saturated heterocycles. The Morgan fingerprint density at radius 3 is 2.41 bits per heavy atom. The van der Waals surface area contributed by atoms with E-state index >= 15 is 0 Å². The lowest BCUT2D eigenvalue weighted by Crippen LogP contribution is -2.44. The number of pyridine rings is 1. The van der Waals surface area contributed by atoms with Crippen LogP contribution in [0.2, 0.25) is 0 Å². The standard InChI is InChI=1S/C14H18N4O2.C2HF3O2/c1-16(2)14(20)17-7-5-11-12(17)8-13(19)18(11)10-4-3-6-15-9-10;3-2(4,5)1(6)7/h3-4,6,9,11-12H,5,7-8H2,1-2H3;(H,6,7)/t11-,12+;/m0./s1. The first-order valence-corrected chi connectivity index (χ1v) is 8.04. The lowest BCUT2D eigenvalue weighted by Gasteiger charge is -2.27. The molecule has 2 fully saturated rings. The van der Waals surface area contributed by atoms with Crippen LogP contribution in [0.5, 0.6) is 0 Å². The molecule has 8 nitrogen and oxygen atoms in total. The second-order valence-corrected chi connectivity index (χ2v) is 6.28. The van der Waals surface area contributed by atoms with Crippen LogP contribution in [0.3, 0.4) is 0 Å². The van der Waals surface area contributed by atoms with Crippen LogP contribution >= 0.6 is 0 Å². The highest BCUT2D eigenvalue weighted by Crippen LogP contribution is 2.35. The molecule has 27 heavy (non-hydrogen) atoms. The first-order chi connectivity index (χ1) is 12.5.